The summed E-state index contributed by atoms with van der Waals surface area (Å²) in [5.74, 6) is 1.78. The zero-order valence-electron chi connectivity index (χ0n) is 29.4. The lowest BCUT2D eigenvalue weighted by molar-refractivity contribution is 0.436. The Morgan fingerprint density at radius 2 is 1.02 bits per heavy atom. The molecule has 8 aromatic carbocycles. The number of para-hydroxylation sites is 2. The van der Waals surface area contributed by atoms with E-state index in [0.29, 0.717) is 0 Å². The molecule has 0 radical (unpaired) electrons. The van der Waals surface area contributed by atoms with Gasteiger partial charge in [0.05, 0.1) is 16.8 Å². The summed E-state index contributed by atoms with van der Waals surface area (Å²) in [5, 5.41) is 2.36. The van der Waals surface area contributed by atoms with E-state index in [1.807, 2.05) is 0 Å². The van der Waals surface area contributed by atoms with E-state index in [9.17, 15) is 0 Å². The molecule has 1 aliphatic heterocycles. The van der Waals surface area contributed by atoms with E-state index in [1.54, 1.807) is 0 Å². The second-order valence-corrected chi connectivity index (χ2v) is 15.8. The minimum absolute atomic E-state index is 0.149. The highest BCUT2D eigenvalue weighted by Gasteiger charge is 2.53. The van der Waals surface area contributed by atoms with Gasteiger partial charge in [-0.05, 0) is 86.8 Å². The molecule has 252 valence electrons. The summed E-state index contributed by atoms with van der Waals surface area (Å²) in [6.07, 6.45) is 0. The van der Waals surface area contributed by atoms with Gasteiger partial charge in [0.15, 0.2) is 0 Å². The SMILES string of the molecule is CC1(C)c2ccccc2-c2ccc(N(c3cccc4c3C3(c5ccccc5Oc5ccccc53)c3ccccc3-4)c3ccc(Br)c4ccccc34)cc21. The average molecular weight is 745 g/mol. The summed E-state index contributed by atoms with van der Waals surface area (Å²) in [7, 11) is 0. The molecule has 2 aliphatic carbocycles. The molecular formula is C50H34BrNO. The smallest absolute Gasteiger partial charge is 0.132 e. The molecule has 0 amide bonds. The van der Waals surface area contributed by atoms with Gasteiger partial charge in [0.25, 0.3) is 0 Å². The van der Waals surface area contributed by atoms with Gasteiger partial charge in [-0.25, -0.2) is 0 Å². The van der Waals surface area contributed by atoms with Crippen LogP contribution < -0.4 is 9.64 Å². The van der Waals surface area contributed by atoms with Crippen LogP contribution in [0.25, 0.3) is 33.0 Å². The van der Waals surface area contributed by atoms with Crippen LogP contribution in [0, 0.1) is 0 Å². The quantitative estimate of drug-likeness (QED) is 0.179. The number of hydrogen-bond donors (Lipinski definition) is 0. The molecule has 0 N–H and O–H groups in total. The number of rotatable bonds is 3. The molecule has 0 aromatic heterocycles. The first-order chi connectivity index (χ1) is 26.0. The van der Waals surface area contributed by atoms with Gasteiger partial charge in [0.1, 0.15) is 11.5 Å². The number of nitrogens with zero attached hydrogens (tertiary/aromatic N) is 1. The van der Waals surface area contributed by atoms with Gasteiger partial charge in [-0.15, -0.1) is 0 Å². The topological polar surface area (TPSA) is 12.5 Å². The maximum Gasteiger partial charge on any atom is 0.132 e. The van der Waals surface area contributed by atoms with E-state index >= 15 is 0 Å². The van der Waals surface area contributed by atoms with E-state index < -0.39 is 5.41 Å². The number of benzene rings is 8. The molecule has 0 atom stereocenters. The van der Waals surface area contributed by atoms with Gasteiger partial charge in [-0.1, -0.05) is 157 Å². The highest BCUT2D eigenvalue weighted by atomic mass is 79.9. The normalized spacial score (nSPS) is 14.8. The molecule has 3 aliphatic rings. The fourth-order valence-electron chi connectivity index (χ4n) is 9.76. The molecule has 0 bridgehead atoms. The predicted octanol–water partition coefficient (Wildman–Crippen LogP) is 13.8. The molecule has 8 aromatic rings. The van der Waals surface area contributed by atoms with Crippen LogP contribution in [-0.4, -0.2) is 0 Å². The number of fused-ring (bicyclic) bond motifs is 13. The molecule has 0 saturated heterocycles. The summed E-state index contributed by atoms with van der Waals surface area (Å²) < 4.78 is 7.80. The fraction of sp³-hybridized carbons (Fsp3) is 0.0800. The van der Waals surface area contributed by atoms with Crippen LogP contribution in [0.2, 0.25) is 0 Å². The molecule has 53 heavy (non-hydrogen) atoms. The lowest BCUT2D eigenvalue weighted by Gasteiger charge is -2.41. The first kappa shape index (κ1) is 30.7. The van der Waals surface area contributed by atoms with Crippen LogP contribution in [0.5, 0.6) is 11.5 Å². The number of ether oxygens (including phenoxy) is 1. The van der Waals surface area contributed by atoms with Crippen molar-refractivity contribution in [1.82, 2.24) is 0 Å². The lowest BCUT2D eigenvalue weighted by atomic mass is 9.65. The van der Waals surface area contributed by atoms with Crippen molar-refractivity contribution in [2.45, 2.75) is 24.7 Å². The van der Waals surface area contributed by atoms with Gasteiger partial charge < -0.3 is 9.64 Å². The van der Waals surface area contributed by atoms with Gasteiger partial charge in [-0.2, -0.15) is 0 Å². The zero-order valence-corrected chi connectivity index (χ0v) is 31.0. The van der Waals surface area contributed by atoms with Crippen LogP contribution >= 0.6 is 15.9 Å². The summed E-state index contributed by atoms with van der Waals surface area (Å²) in [4.78, 5) is 2.53. The van der Waals surface area contributed by atoms with Crippen molar-refractivity contribution in [3.8, 4) is 33.8 Å². The van der Waals surface area contributed by atoms with Crippen LogP contribution in [0.3, 0.4) is 0 Å². The zero-order chi connectivity index (χ0) is 35.5. The third-order valence-electron chi connectivity index (χ3n) is 12.0. The standard InChI is InChI=1S/C50H34BrNO/c1-49(2)38-19-7-5-14-32(38)34-27-26-31(30-42(34)49)52(44-29-28-43(51)35-16-3-4-17-36(35)44)45-23-13-18-37-33-15-6-8-20-39(33)50(48(37)45)40-21-9-11-24-46(40)53-47-25-12-10-22-41(47)50/h3-30H,1-2H3. The maximum atomic E-state index is 6.72. The van der Waals surface area contributed by atoms with Crippen molar-refractivity contribution < 1.29 is 4.74 Å². The summed E-state index contributed by atoms with van der Waals surface area (Å²) >= 11 is 3.89. The van der Waals surface area contributed by atoms with Crippen LogP contribution in [0.1, 0.15) is 47.2 Å². The Kier molecular flexibility index (Phi) is 6.40. The van der Waals surface area contributed by atoms with Crippen LogP contribution in [0.15, 0.2) is 174 Å². The molecular weight excluding hydrogens is 710 g/mol. The number of hydrogen-bond acceptors (Lipinski definition) is 2. The molecule has 0 unspecified atom stereocenters. The average Bonchev–Trinajstić information content (AvgIpc) is 3.62. The van der Waals surface area contributed by atoms with Gasteiger partial charge >= 0.3 is 0 Å². The lowest BCUT2D eigenvalue weighted by Crippen LogP contribution is -2.33. The van der Waals surface area contributed by atoms with Crippen LogP contribution in [0.4, 0.5) is 17.1 Å². The molecule has 2 nitrogen and oxygen atoms in total. The molecule has 1 heterocycles. The van der Waals surface area contributed by atoms with Crippen molar-refractivity contribution >= 4 is 43.8 Å². The fourth-order valence-corrected chi connectivity index (χ4v) is 10.2. The Morgan fingerprint density at radius 3 is 1.75 bits per heavy atom. The first-order valence-electron chi connectivity index (χ1n) is 18.3. The third kappa shape index (κ3) is 4.03. The Balaban J connectivity index is 1.28. The Morgan fingerprint density at radius 1 is 0.453 bits per heavy atom. The van der Waals surface area contributed by atoms with E-state index in [-0.39, 0.29) is 5.41 Å². The predicted molar refractivity (Wildman–Crippen MR) is 221 cm³/mol. The highest BCUT2D eigenvalue weighted by Crippen LogP contribution is 2.65. The minimum atomic E-state index is -0.621. The molecule has 0 fully saturated rings. The third-order valence-corrected chi connectivity index (χ3v) is 12.7. The Labute approximate surface area is 318 Å². The number of anilines is 3. The second-order valence-electron chi connectivity index (χ2n) is 14.9. The Bertz CT molecular complexity index is 2790. The van der Waals surface area contributed by atoms with Gasteiger partial charge in [0.2, 0.25) is 0 Å². The van der Waals surface area contributed by atoms with E-state index in [4.69, 9.17) is 4.74 Å². The Hall–Kier alpha value is -5.90. The first-order valence-corrected chi connectivity index (χ1v) is 19.1. The summed E-state index contributed by atoms with van der Waals surface area (Å²) in [6.45, 7) is 4.73. The van der Waals surface area contributed by atoms with Gasteiger partial charge in [-0.3, -0.25) is 0 Å². The van der Waals surface area contributed by atoms with Crippen molar-refractivity contribution in [1.29, 1.82) is 0 Å². The van der Waals surface area contributed by atoms with Crippen molar-refractivity contribution in [3.05, 3.63) is 208 Å². The highest BCUT2D eigenvalue weighted by molar-refractivity contribution is 9.10. The van der Waals surface area contributed by atoms with E-state index in [0.717, 1.165) is 44.2 Å². The number of halogens is 1. The van der Waals surface area contributed by atoms with Crippen molar-refractivity contribution in [2.24, 2.45) is 0 Å². The monoisotopic (exact) mass is 743 g/mol. The molecule has 1 spiro atoms. The molecule has 0 saturated carbocycles. The largest absolute Gasteiger partial charge is 0.457 e. The van der Waals surface area contributed by atoms with E-state index in [1.165, 1.54) is 55.3 Å². The van der Waals surface area contributed by atoms with Crippen LogP contribution in [-0.2, 0) is 10.8 Å². The van der Waals surface area contributed by atoms with E-state index in [2.05, 4.69) is 205 Å². The molecule has 3 heteroatoms. The molecule has 11 rings (SSSR count). The minimum Gasteiger partial charge on any atom is -0.457 e. The summed E-state index contributed by atoms with van der Waals surface area (Å²) in [5.41, 5.74) is 15.3. The second kappa shape index (κ2) is 11.1. The summed E-state index contributed by atoms with van der Waals surface area (Å²) in [6, 6.07) is 62.3. The maximum absolute atomic E-state index is 6.72. The van der Waals surface area contributed by atoms with Crippen molar-refractivity contribution in [3.63, 3.8) is 0 Å². The van der Waals surface area contributed by atoms with Gasteiger partial charge in [0, 0.05) is 37.7 Å². The van der Waals surface area contributed by atoms with Crippen molar-refractivity contribution in [2.75, 3.05) is 4.90 Å².